The monoisotopic (exact) mass is 353 g/mol. The van der Waals surface area contributed by atoms with E-state index in [1.807, 2.05) is 30.3 Å². The third kappa shape index (κ3) is 2.87. The van der Waals surface area contributed by atoms with Crippen molar-refractivity contribution in [1.82, 2.24) is 5.32 Å². The summed E-state index contributed by atoms with van der Waals surface area (Å²) in [5.41, 5.74) is 1.61. The fraction of sp³-hybridized carbons (Fsp3) is 0.381. The molecule has 0 atom stereocenters. The minimum Gasteiger partial charge on any atom is -0.496 e. The van der Waals surface area contributed by atoms with Crippen LogP contribution >= 0.6 is 0 Å². The molecule has 1 fully saturated rings. The number of para-hydroxylation sites is 2. The van der Waals surface area contributed by atoms with Crippen molar-refractivity contribution in [2.24, 2.45) is 0 Å². The first kappa shape index (κ1) is 16.8. The Hall–Kier alpha value is -2.69. The standard InChI is InChI=1S/C21H23NO4/c1-24-17-9-3-2-8-16(17)21(11-4-5-12-21)13-22-20(23)15-7-6-10-18-19(15)26-14-25-18/h2-3,6-10H,4-5,11-14H2,1H3,(H,22,23). The summed E-state index contributed by atoms with van der Waals surface area (Å²) in [4.78, 5) is 12.8. The van der Waals surface area contributed by atoms with Gasteiger partial charge in [0.05, 0.1) is 12.7 Å². The molecule has 1 N–H and O–H groups in total. The summed E-state index contributed by atoms with van der Waals surface area (Å²) < 4.78 is 16.4. The summed E-state index contributed by atoms with van der Waals surface area (Å²) in [7, 11) is 1.70. The quantitative estimate of drug-likeness (QED) is 0.891. The molecule has 1 aliphatic carbocycles. The van der Waals surface area contributed by atoms with Crippen molar-refractivity contribution < 1.29 is 19.0 Å². The summed E-state index contributed by atoms with van der Waals surface area (Å²) in [5.74, 6) is 1.91. The van der Waals surface area contributed by atoms with Gasteiger partial charge in [-0.05, 0) is 31.0 Å². The van der Waals surface area contributed by atoms with Gasteiger partial charge in [0, 0.05) is 17.5 Å². The van der Waals surface area contributed by atoms with Gasteiger partial charge in [-0.25, -0.2) is 0 Å². The minimum absolute atomic E-state index is 0.0857. The molecule has 2 aliphatic rings. The number of fused-ring (bicyclic) bond motifs is 1. The first-order valence-electron chi connectivity index (χ1n) is 9.04. The predicted octanol–water partition coefficient (Wildman–Crippen LogP) is 3.67. The lowest BCUT2D eigenvalue weighted by molar-refractivity contribution is 0.0938. The minimum atomic E-state index is -0.131. The Kier molecular flexibility index (Phi) is 4.45. The fourth-order valence-electron chi connectivity index (χ4n) is 4.13. The zero-order chi connectivity index (χ0) is 18.0. The highest BCUT2D eigenvalue weighted by Crippen LogP contribution is 2.44. The number of methoxy groups -OCH3 is 1. The highest BCUT2D eigenvalue weighted by atomic mass is 16.7. The van der Waals surface area contributed by atoms with Gasteiger partial charge in [0.15, 0.2) is 11.5 Å². The van der Waals surface area contributed by atoms with Crippen molar-refractivity contribution >= 4 is 5.91 Å². The molecular formula is C21H23NO4. The first-order valence-corrected chi connectivity index (χ1v) is 9.04. The molecule has 2 aromatic rings. The molecule has 5 heteroatoms. The maximum Gasteiger partial charge on any atom is 0.255 e. The topological polar surface area (TPSA) is 56.8 Å². The summed E-state index contributed by atoms with van der Waals surface area (Å²) >= 11 is 0. The lowest BCUT2D eigenvalue weighted by atomic mass is 9.78. The van der Waals surface area contributed by atoms with E-state index < -0.39 is 0 Å². The van der Waals surface area contributed by atoms with Crippen LogP contribution in [0.25, 0.3) is 0 Å². The number of benzene rings is 2. The van der Waals surface area contributed by atoms with E-state index in [4.69, 9.17) is 14.2 Å². The highest BCUT2D eigenvalue weighted by molar-refractivity contribution is 5.98. The maximum absolute atomic E-state index is 12.8. The number of hydrogen-bond acceptors (Lipinski definition) is 4. The number of carbonyl (C=O) groups is 1. The van der Waals surface area contributed by atoms with E-state index in [2.05, 4.69) is 11.4 Å². The van der Waals surface area contributed by atoms with Crippen LogP contribution in [0.1, 0.15) is 41.6 Å². The highest BCUT2D eigenvalue weighted by Gasteiger charge is 2.38. The van der Waals surface area contributed by atoms with Gasteiger partial charge in [-0.1, -0.05) is 37.1 Å². The molecule has 0 unspecified atom stereocenters. The molecular weight excluding hydrogens is 330 g/mol. The molecule has 26 heavy (non-hydrogen) atoms. The second-order valence-electron chi connectivity index (χ2n) is 6.91. The normalized spacial score (nSPS) is 17.1. The number of amides is 1. The average molecular weight is 353 g/mol. The molecule has 0 aromatic heterocycles. The number of hydrogen-bond donors (Lipinski definition) is 1. The van der Waals surface area contributed by atoms with Crippen LogP contribution in [-0.4, -0.2) is 26.4 Å². The van der Waals surface area contributed by atoms with Crippen LogP contribution in [0.15, 0.2) is 42.5 Å². The molecule has 1 amide bonds. The summed E-state index contributed by atoms with van der Waals surface area (Å²) in [5, 5.41) is 3.13. The van der Waals surface area contributed by atoms with Crippen LogP contribution in [-0.2, 0) is 5.41 Å². The van der Waals surface area contributed by atoms with Crippen molar-refractivity contribution in [2.45, 2.75) is 31.1 Å². The van der Waals surface area contributed by atoms with E-state index in [1.54, 1.807) is 13.2 Å². The van der Waals surface area contributed by atoms with Crippen molar-refractivity contribution in [3.63, 3.8) is 0 Å². The lowest BCUT2D eigenvalue weighted by Gasteiger charge is -2.31. The van der Waals surface area contributed by atoms with Gasteiger partial charge in [0.1, 0.15) is 5.75 Å². The summed E-state index contributed by atoms with van der Waals surface area (Å²) in [6.45, 7) is 0.738. The predicted molar refractivity (Wildman–Crippen MR) is 98.0 cm³/mol. The van der Waals surface area contributed by atoms with Crippen LogP contribution in [0.4, 0.5) is 0 Å². The lowest BCUT2D eigenvalue weighted by Crippen LogP contribution is -2.39. The van der Waals surface area contributed by atoms with Gasteiger partial charge in [0.25, 0.3) is 5.91 Å². The second kappa shape index (κ2) is 6.90. The smallest absolute Gasteiger partial charge is 0.255 e. The molecule has 2 aromatic carbocycles. The van der Waals surface area contributed by atoms with Crippen molar-refractivity contribution in [2.75, 3.05) is 20.4 Å². The molecule has 4 rings (SSSR count). The molecule has 1 heterocycles. The summed E-state index contributed by atoms with van der Waals surface area (Å²) in [6.07, 6.45) is 4.40. The fourth-order valence-corrected chi connectivity index (χ4v) is 4.13. The van der Waals surface area contributed by atoms with Gasteiger partial charge in [-0.15, -0.1) is 0 Å². The maximum atomic E-state index is 12.8. The molecule has 5 nitrogen and oxygen atoms in total. The zero-order valence-corrected chi connectivity index (χ0v) is 14.9. The Balaban J connectivity index is 1.57. The van der Waals surface area contributed by atoms with E-state index in [-0.39, 0.29) is 18.1 Å². The van der Waals surface area contributed by atoms with Crippen molar-refractivity contribution in [3.8, 4) is 17.2 Å². The van der Waals surface area contributed by atoms with Gasteiger partial charge in [-0.2, -0.15) is 0 Å². The molecule has 0 saturated heterocycles. The summed E-state index contributed by atoms with van der Waals surface area (Å²) in [6, 6.07) is 13.5. The van der Waals surface area contributed by atoms with Gasteiger partial charge >= 0.3 is 0 Å². The van der Waals surface area contributed by atoms with Crippen molar-refractivity contribution in [3.05, 3.63) is 53.6 Å². The SMILES string of the molecule is COc1ccccc1C1(CNC(=O)c2cccc3c2OCO3)CCCC1. The molecule has 1 saturated carbocycles. The van der Waals surface area contributed by atoms with Crippen LogP contribution in [0.5, 0.6) is 17.2 Å². The van der Waals surface area contributed by atoms with Crippen molar-refractivity contribution in [1.29, 1.82) is 0 Å². The largest absolute Gasteiger partial charge is 0.496 e. The number of carbonyl (C=O) groups excluding carboxylic acids is 1. The van der Waals surface area contributed by atoms with E-state index in [0.717, 1.165) is 31.4 Å². The Morgan fingerprint density at radius 1 is 1.12 bits per heavy atom. The molecule has 0 radical (unpaired) electrons. The Bertz CT molecular complexity index is 811. The zero-order valence-electron chi connectivity index (χ0n) is 14.9. The second-order valence-corrected chi connectivity index (χ2v) is 6.91. The molecule has 0 spiro atoms. The van der Waals surface area contributed by atoms with Crippen LogP contribution < -0.4 is 19.5 Å². The van der Waals surface area contributed by atoms with E-state index >= 15 is 0 Å². The third-order valence-electron chi connectivity index (χ3n) is 5.47. The molecule has 0 bridgehead atoms. The Morgan fingerprint density at radius 2 is 1.92 bits per heavy atom. The van der Waals surface area contributed by atoms with Crippen LogP contribution in [0.3, 0.4) is 0 Å². The number of rotatable bonds is 5. The molecule has 1 aliphatic heterocycles. The van der Waals surface area contributed by atoms with Crippen LogP contribution in [0.2, 0.25) is 0 Å². The molecule has 136 valence electrons. The van der Waals surface area contributed by atoms with Gasteiger partial charge in [0.2, 0.25) is 6.79 Å². The van der Waals surface area contributed by atoms with E-state index in [0.29, 0.717) is 23.6 Å². The first-order chi connectivity index (χ1) is 12.7. The van der Waals surface area contributed by atoms with Gasteiger partial charge < -0.3 is 19.5 Å². The number of ether oxygens (including phenoxy) is 3. The van der Waals surface area contributed by atoms with Gasteiger partial charge in [-0.3, -0.25) is 4.79 Å². The Labute approximate surface area is 153 Å². The van der Waals surface area contributed by atoms with E-state index in [9.17, 15) is 4.79 Å². The average Bonchev–Trinajstić information content (AvgIpc) is 3.35. The Morgan fingerprint density at radius 3 is 2.73 bits per heavy atom. The van der Waals surface area contributed by atoms with Crippen LogP contribution in [0, 0.1) is 0 Å². The third-order valence-corrected chi connectivity index (χ3v) is 5.47. The number of nitrogens with one attached hydrogen (secondary N) is 1. The van der Waals surface area contributed by atoms with E-state index in [1.165, 1.54) is 5.56 Å².